The number of rotatable bonds is 4. The molecule has 0 aliphatic rings. The summed E-state index contributed by atoms with van der Waals surface area (Å²) >= 11 is 0. The molecule has 80 valence electrons. The fraction of sp³-hybridized carbons (Fsp3) is 0.273. The van der Waals surface area contributed by atoms with Gasteiger partial charge in [0.05, 0.1) is 18.6 Å². The minimum atomic E-state index is -0.652. The molecule has 0 amide bonds. The number of aldehydes is 1. The molecule has 0 bridgehead atoms. The first kappa shape index (κ1) is 11.4. The first-order chi connectivity index (χ1) is 7.19. The van der Waals surface area contributed by atoms with E-state index in [-0.39, 0.29) is 24.2 Å². The summed E-state index contributed by atoms with van der Waals surface area (Å²) in [5, 5.41) is 0. The third-order valence-electron chi connectivity index (χ3n) is 1.88. The topological polar surface area (TPSA) is 43.4 Å². The second-order valence-electron chi connectivity index (χ2n) is 2.92. The molecule has 0 saturated heterocycles. The largest absolute Gasteiger partial charge is 0.466 e. The summed E-state index contributed by atoms with van der Waals surface area (Å²) in [4.78, 5) is 21.5. The molecule has 3 nitrogen and oxygen atoms in total. The van der Waals surface area contributed by atoms with E-state index in [2.05, 4.69) is 4.74 Å². The summed E-state index contributed by atoms with van der Waals surface area (Å²) in [7, 11) is 0. The van der Waals surface area contributed by atoms with E-state index in [1.165, 1.54) is 18.2 Å². The van der Waals surface area contributed by atoms with E-state index < -0.39 is 11.8 Å². The summed E-state index contributed by atoms with van der Waals surface area (Å²) < 4.78 is 18.1. The molecule has 0 heterocycles. The number of halogens is 1. The number of hydrogen-bond acceptors (Lipinski definition) is 3. The van der Waals surface area contributed by atoms with Crippen LogP contribution in [0.4, 0.5) is 4.39 Å². The van der Waals surface area contributed by atoms with Crippen molar-refractivity contribution < 1.29 is 18.7 Å². The average molecular weight is 210 g/mol. The van der Waals surface area contributed by atoms with Crippen LogP contribution in [0.1, 0.15) is 22.8 Å². The van der Waals surface area contributed by atoms with Gasteiger partial charge >= 0.3 is 5.97 Å². The highest BCUT2D eigenvalue weighted by molar-refractivity contribution is 5.77. The molecule has 0 spiro atoms. The second-order valence-corrected chi connectivity index (χ2v) is 2.92. The van der Waals surface area contributed by atoms with Gasteiger partial charge in [-0.1, -0.05) is 12.1 Å². The van der Waals surface area contributed by atoms with Crippen molar-refractivity contribution in [1.82, 2.24) is 0 Å². The Morgan fingerprint density at radius 3 is 2.87 bits per heavy atom. The van der Waals surface area contributed by atoms with Crippen LogP contribution in [0.15, 0.2) is 18.2 Å². The van der Waals surface area contributed by atoms with Crippen LogP contribution in [0.3, 0.4) is 0 Å². The minimum absolute atomic E-state index is 0.0446. The Labute approximate surface area is 86.9 Å². The summed E-state index contributed by atoms with van der Waals surface area (Å²) in [6.45, 7) is 1.93. The molecular weight excluding hydrogens is 199 g/mol. The lowest BCUT2D eigenvalue weighted by Crippen LogP contribution is -2.09. The number of carbonyl (C=O) groups excluding carboxylic acids is 2. The fourth-order valence-corrected chi connectivity index (χ4v) is 1.19. The molecule has 1 rings (SSSR count). The Kier molecular flexibility index (Phi) is 3.97. The lowest BCUT2D eigenvalue weighted by atomic mass is 10.1. The number of hydrogen-bond donors (Lipinski definition) is 0. The smallest absolute Gasteiger partial charge is 0.310 e. The van der Waals surface area contributed by atoms with Gasteiger partial charge in [-0.2, -0.15) is 0 Å². The van der Waals surface area contributed by atoms with Crippen molar-refractivity contribution in [3.8, 4) is 0 Å². The van der Waals surface area contributed by atoms with Crippen molar-refractivity contribution in [3.63, 3.8) is 0 Å². The molecule has 1 aromatic rings. The van der Waals surface area contributed by atoms with E-state index in [4.69, 9.17) is 0 Å². The monoisotopic (exact) mass is 210 g/mol. The molecule has 0 N–H and O–H groups in total. The molecule has 0 unspecified atom stereocenters. The molecule has 0 saturated carbocycles. The second kappa shape index (κ2) is 5.24. The van der Waals surface area contributed by atoms with Crippen LogP contribution in [0, 0.1) is 5.82 Å². The molecule has 0 atom stereocenters. The summed E-state index contributed by atoms with van der Waals surface area (Å²) in [6, 6.07) is 4.34. The summed E-state index contributed by atoms with van der Waals surface area (Å²) in [5.41, 5.74) is 0.134. The zero-order chi connectivity index (χ0) is 11.3. The normalized spacial score (nSPS) is 9.73. The van der Waals surface area contributed by atoms with Crippen molar-refractivity contribution >= 4 is 12.3 Å². The number of esters is 1. The molecule has 0 radical (unpaired) electrons. The predicted octanol–water partition coefficient (Wildman–Crippen LogP) is 1.74. The quantitative estimate of drug-likeness (QED) is 0.561. The van der Waals surface area contributed by atoms with Crippen molar-refractivity contribution in [2.75, 3.05) is 6.61 Å². The number of ether oxygens (including phenoxy) is 1. The highest BCUT2D eigenvalue weighted by atomic mass is 19.1. The van der Waals surface area contributed by atoms with Gasteiger partial charge in [0.15, 0.2) is 6.29 Å². The van der Waals surface area contributed by atoms with Crippen molar-refractivity contribution in [1.29, 1.82) is 0 Å². The Morgan fingerprint density at radius 2 is 2.27 bits per heavy atom. The van der Waals surface area contributed by atoms with E-state index in [1.54, 1.807) is 6.92 Å². The van der Waals surface area contributed by atoms with Crippen molar-refractivity contribution in [2.45, 2.75) is 13.3 Å². The van der Waals surface area contributed by atoms with Crippen LogP contribution >= 0.6 is 0 Å². The maximum atomic E-state index is 13.4. The van der Waals surface area contributed by atoms with Crippen LogP contribution in [-0.2, 0) is 16.0 Å². The molecule has 0 aliphatic heterocycles. The van der Waals surface area contributed by atoms with E-state index in [0.717, 1.165) is 0 Å². The van der Waals surface area contributed by atoms with Crippen LogP contribution < -0.4 is 0 Å². The third-order valence-corrected chi connectivity index (χ3v) is 1.88. The maximum absolute atomic E-state index is 13.4. The van der Waals surface area contributed by atoms with Crippen molar-refractivity contribution in [2.24, 2.45) is 0 Å². The van der Waals surface area contributed by atoms with E-state index in [9.17, 15) is 14.0 Å². The van der Waals surface area contributed by atoms with Crippen molar-refractivity contribution in [3.05, 3.63) is 35.1 Å². The molecule has 15 heavy (non-hydrogen) atoms. The van der Waals surface area contributed by atoms with E-state index in [0.29, 0.717) is 6.29 Å². The Balaban J connectivity index is 2.85. The van der Waals surface area contributed by atoms with Gasteiger partial charge in [0.25, 0.3) is 0 Å². The minimum Gasteiger partial charge on any atom is -0.466 e. The molecule has 1 aromatic carbocycles. The fourth-order valence-electron chi connectivity index (χ4n) is 1.19. The van der Waals surface area contributed by atoms with Gasteiger partial charge in [0.1, 0.15) is 5.82 Å². The first-order valence-electron chi connectivity index (χ1n) is 4.57. The van der Waals surface area contributed by atoms with Crippen LogP contribution in [-0.4, -0.2) is 18.9 Å². The molecule has 0 aromatic heterocycles. The summed E-state index contributed by atoms with van der Waals surface area (Å²) in [5.74, 6) is -1.15. The van der Waals surface area contributed by atoms with Gasteiger partial charge < -0.3 is 4.74 Å². The van der Waals surface area contributed by atoms with Crippen LogP contribution in [0.2, 0.25) is 0 Å². The van der Waals surface area contributed by atoms with Gasteiger partial charge in [-0.05, 0) is 18.6 Å². The van der Waals surface area contributed by atoms with Crippen LogP contribution in [0.25, 0.3) is 0 Å². The number of benzene rings is 1. The standard InChI is InChI=1S/C11H11FO3/c1-2-15-10(14)6-8-4-3-5-9(7-13)11(8)12/h3-5,7H,2,6H2,1H3. The van der Waals surface area contributed by atoms with Gasteiger partial charge in [-0.3, -0.25) is 9.59 Å². The maximum Gasteiger partial charge on any atom is 0.310 e. The van der Waals surface area contributed by atoms with E-state index in [1.807, 2.05) is 0 Å². The predicted molar refractivity (Wildman–Crippen MR) is 52.1 cm³/mol. The van der Waals surface area contributed by atoms with Gasteiger partial charge in [-0.15, -0.1) is 0 Å². The Bertz CT molecular complexity index is 374. The molecule has 4 heteroatoms. The number of carbonyl (C=O) groups is 2. The third kappa shape index (κ3) is 2.87. The zero-order valence-electron chi connectivity index (χ0n) is 8.33. The highest BCUT2D eigenvalue weighted by Crippen LogP contribution is 2.12. The van der Waals surface area contributed by atoms with E-state index >= 15 is 0 Å². The molecule has 0 fully saturated rings. The lowest BCUT2D eigenvalue weighted by Gasteiger charge is -2.04. The Hall–Kier alpha value is -1.71. The summed E-state index contributed by atoms with van der Waals surface area (Å²) in [6.07, 6.45) is 0.269. The molecule has 0 aliphatic carbocycles. The molecular formula is C11H11FO3. The highest BCUT2D eigenvalue weighted by Gasteiger charge is 2.11. The van der Waals surface area contributed by atoms with Gasteiger partial charge in [0.2, 0.25) is 0 Å². The van der Waals surface area contributed by atoms with Crippen LogP contribution in [0.5, 0.6) is 0 Å². The zero-order valence-corrected chi connectivity index (χ0v) is 8.33. The SMILES string of the molecule is CCOC(=O)Cc1cccc(C=O)c1F. The van der Waals surface area contributed by atoms with Gasteiger partial charge in [0, 0.05) is 0 Å². The van der Waals surface area contributed by atoms with Gasteiger partial charge in [-0.25, -0.2) is 4.39 Å². The average Bonchev–Trinajstić information content (AvgIpc) is 2.21. The Morgan fingerprint density at radius 1 is 1.53 bits per heavy atom. The first-order valence-corrected chi connectivity index (χ1v) is 4.57. The lowest BCUT2D eigenvalue weighted by molar-refractivity contribution is -0.142.